The molecule has 1 aliphatic rings. The Kier molecular flexibility index (Phi) is 4.60. The maximum absolute atomic E-state index is 11.9. The van der Waals surface area contributed by atoms with Crippen LogP contribution >= 0.6 is 0 Å². The van der Waals surface area contributed by atoms with Crippen LogP contribution in [0.4, 0.5) is 5.82 Å². The Morgan fingerprint density at radius 2 is 2.05 bits per heavy atom. The third kappa shape index (κ3) is 3.36. The fourth-order valence-corrected chi connectivity index (χ4v) is 2.35. The van der Waals surface area contributed by atoms with E-state index in [4.69, 9.17) is 0 Å². The van der Waals surface area contributed by atoms with E-state index in [1.807, 2.05) is 17.0 Å². The van der Waals surface area contributed by atoms with Crippen molar-refractivity contribution in [3.05, 3.63) is 24.4 Å². The molecule has 104 valence electrons. The first-order chi connectivity index (χ1) is 9.22. The first-order valence-electron chi connectivity index (χ1n) is 6.95. The van der Waals surface area contributed by atoms with Crippen molar-refractivity contribution in [1.29, 1.82) is 0 Å². The van der Waals surface area contributed by atoms with Gasteiger partial charge in [0.1, 0.15) is 19.3 Å². The summed E-state index contributed by atoms with van der Waals surface area (Å²) in [5.41, 5.74) is 0. The predicted molar refractivity (Wildman–Crippen MR) is 72.1 cm³/mol. The Morgan fingerprint density at radius 1 is 1.32 bits per heavy atom. The lowest BCUT2D eigenvalue weighted by Gasteiger charge is -2.31. The smallest absolute Gasteiger partial charge is 0.316 e. The van der Waals surface area contributed by atoms with Crippen LogP contribution in [0.15, 0.2) is 24.4 Å². The Hall–Kier alpha value is -1.78. The van der Waals surface area contributed by atoms with Crippen LogP contribution in [0.3, 0.4) is 0 Å². The van der Waals surface area contributed by atoms with Crippen molar-refractivity contribution in [2.24, 2.45) is 0 Å². The van der Waals surface area contributed by atoms with E-state index in [2.05, 4.69) is 11.8 Å². The number of piperazine rings is 1. The number of amides is 1. The molecule has 1 N–H and O–H groups in total. The summed E-state index contributed by atoms with van der Waals surface area (Å²) in [6.45, 7) is 5.10. The van der Waals surface area contributed by atoms with Crippen molar-refractivity contribution in [3.8, 4) is 0 Å². The van der Waals surface area contributed by atoms with Gasteiger partial charge in [-0.2, -0.15) is 0 Å². The number of unbranched alkanes of at least 4 members (excludes halogenated alkanes) is 1. The molecule has 0 aliphatic carbocycles. The van der Waals surface area contributed by atoms with Crippen LogP contribution in [-0.4, -0.2) is 42.2 Å². The first-order valence-corrected chi connectivity index (χ1v) is 6.95. The third-order valence-corrected chi connectivity index (χ3v) is 3.52. The number of hydrogen-bond donors (Lipinski definition) is 1. The molecule has 19 heavy (non-hydrogen) atoms. The highest BCUT2D eigenvalue weighted by Crippen LogP contribution is 2.12. The summed E-state index contributed by atoms with van der Waals surface area (Å²) >= 11 is 0. The van der Waals surface area contributed by atoms with Gasteiger partial charge >= 0.3 is 5.82 Å². The molecule has 2 heterocycles. The number of nitrogens with zero attached hydrogens (tertiary/aromatic N) is 3. The number of carbonyl (C=O) groups excluding carboxylic acids is 1. The van der Waals surface area contributed by atoms with Gasteiger partial charge in [0.2, 0.25) is 5.91 Å². The Labute approximate surface area is 114 Å². The molecule has 1 amide bonds. The predicted octanol–water partition coefficient (Wildman–Crippen LogP) is 1.05. The summed E-state index contributed by atoms with van der Waals surface area (Å²) in [7, 11) is 0. The highest BCUT2D eigenvalue weighted by atomic mass is 16.5. The second kappa shape index (κ2) is 6.41. The quantitative estimate of drug-likeness (QED) is 0.653. The molecule has 1 aliphatic heterocycles. The van der Waals surface area contributed by atoms with Crippen molar-refractivity contribution in [2.45, 2.75) is 26.2 Å². The summed E-state index contributed by atoms with van der Waals surface area (Å²) in [5.74, 6) is 1.04. The molecule has 0 saturated carbocycles. The standard InChI is InChI=1S/C14H22N3O2/c1-2-3-7-14(18)16-11-9-15(10-12-16)13-6-4-5-8-17(13)19/h4-6,8,19H,2-3,7,9-12H2,1H3/q+1. The average Bonchev–Trinajstić information content (AvgIpc) is 2.45. The molecule has 2 rings (SSSR count). The van der Waals surface area contributed by atoms with Crippen molar-refractivity contribution in [1.82, 2.24) is 4.90 Å². The lowest BCUT2D eigenvalue weighted by atomic mass is 10.2. The van der Waals surface area contributed by atoms with E-state index in [1.54, 1.807) is 12.3 Å². The van der Waals surface area contributed by atoms with Crippen LogP contribution < -0.4 is 9.63 Å². The Morgan fingerprint density at radius 3 is 2.68 bits per heavy atom. The highest BCUT2D eigenvalue weighted by molar-refractivity contribution is 5.76. The summed E-state index contributed by atoms with van der Waals surface area (Å²) in [6, 6.07) is 5.57. The molecule has 0 bridgehead atoms. The Bertz CT molecular complexity index is 428. The molecule has 1 aromatic heterocycles. The summed E-state index contributed by atoms with van der Waals surface area (Å²) in [6.07, 6.45) is 4.30. The van der Waals surface area contributed by atoms with Crippen LogP contribution in [0, 0.1) is 0 Å². The van der Waals surface area contributed by atoms with Gasteiger partial charge in [-0.15, -0.1) is 0 Å². The molecule has 0 radical (unpaired) electrons. The topological polar surface area (TPSA) is 47.7 Å². The van der Waals surface area contributed by atoms with Gasteiger partial charge < -0.3 is 10.1 Å². The van der Waals surface area contributed by atoms with Crippen LogP contribution in [0.2, 0.25) is 0 Å². The van der Waals surface area contributed by atoms with Crippen LogP contribution in [0.25, 0.3) is 0 Å². The number of aromatic nitrogens is 1. The van der Waals surface area contributed by atoms with E-state index < -0.39 is 0 Å². The van der Waals surface area contributed by atoms with Crippen molar-refractivity contribution < 1.29 is 14.7 Å². The van der Waals surface area contributed by atoms with Gasteiger partial charge in [0.25, 0.3) is 0 Å². The summed E-state index contributed by atoms with van der Waals surface area (Å²) in [5, 5.41) is 9.75. The van der Waals surface area contributed by atoms with Crippen LogP contribution in [0.5, 0.6) is 0 Å². The van der Waals surface area contributed by atoms with E-state index in [-0.39, 0.29) is 5.91 Å². The molecule has 1 aromatic rings. The molecular formula is C14H22N3O2+. The van der Waals surface area contributed by atoms with Crippen LogP contribution in [-0.2, 0) is 4.79 Å². The second-order valence-electron chi connectivity index (χ2n) is 4.87. The largest absolute Gasteiger partial charge is 0.350 e. The van der Waals surface area contributed by atoms with Gasteiger partial charge in [-0.05, 0) is 12.5 Å². The maximum Gasteiger partial charge on any atom is 0.316 e. The zero-order valence-electron chi connectivity index (χ0n) is 11.5. The normalized spacial score (nSPS) is 15.6. The molecule has 1 fully saturated rings. The lowest BCUT2D eigenvalue weighted by molar-refractivity contribution is -0.894. The molecule has 1 saturated heterocycles. The Balaban J connectivity index is 1.89. The van der Waals surface area contributed by atoms with Crippen LogP contribution in [0.1, 0.15) is 26.2 Å². The summed E-state index contributed by atoms with van der Waals surface area (Å²) < 4.78 is 1.13. The molecular weight excluding hydrogens is 242 g/mol. The third-order valence-electron chi connectivity index (χ3n) is 3.52. The highest BCUT2D eigenvalue weighted by Gasteiger charge is 2.27. The SMILES string of the molecule is CCCCC(=O)N1CCN(c2cccc[n+]2O)CC1. The molecule has 5 heteroatoms. The molecule has 0 unspecified atom stereocenters. The minimum absolute atomic E-state index is 0.256. The fraction of sp³-hybridized carbons (Fsp3) is 0.571. The second-order valence-corrected chi connectivity index (χ2v) is 4.87. The summed E-state index contributed by atoms with van der Waals surface area (Å²) in [4.78, 5) is 15.9. The first kappa shape index (κ1) is 13.6. The lowest BCUT2D eigenvalue weighted by Crippen LogP contribution is -2.52. The minimum atomic E-state index is 0.256. The van der Waals surface area contributed by atoms with Crippen molar-refractivity contribution >= 4 is 11.7 Å². The van der Waals surface area contributed by atoms with E-state index in [9.17, 15) is 10.0 Å². The average molecular weight is 264 g/mol. The van der Waals surface area contributed by atoms with Gasteiger partial charge in [0.05, 0.1) is 13.1 Å². The number of carbonyl (C=O) groups is 1. The van der Waals surface area contributed by atoms with Gasteiger partial charge in [0.15, 0.2) is 0 Å². The van der Waals surface area contributed by atoms with E-state index in [1.165, 1.54) is 0 Å². The minimum Gasteiger partial charge on any atom is -0.350 e. The van der Waals surface area contributed by atoms with E-state index >= 15 is 0 Å². The number of rotatable bonds is 4. The van der Waals surface area contributed by atoms with Gasteiger partial charge in [-0.25, -0.2) is 0 Å². The molecule has 5 nitrogen and oxygen atoms in total. The molecule has 0 atom stereocenters. The van der Waals surface area contributed by atoms with E-state index in [0.717, 1.165) is 49.6 Å². The van der Waals surface area contributed by atoms with Gasteiger partial charge in [-0.1, -0.05) is 24.1 Å². The fourth-order valence-electron chi connectivity index (χ4n) is 2.35. The monoisotopic (exact) mass is 264 g/mol. The van der Waals surface area contributed by atoms with Crippen molar-refractivity contribution in [3.63, 3.8) is 0 Å². The van der Waals surface area contributed by atoms with Crippen molar-refractivity contribution in [2.75, 3.05) is 31.1 Å². The number of pyridine rings is 1. The van der Waals surface area contributed by atoms with E-state index in [0.29, 0.717) is 6.42 Å². The zero-order valence-corrected chi connectivity index (χ0v) is 11.5. The maximum atomic E-state index is 11.9. The zero-order chi connectivity index (χ0) is 13.7. The number of anilines is 1. The molecule has 0 aromatic carbocycles. The number of hydrogen-bond acceptors (Lipinski definition) is 3. The molecule has 0 spiro atoms. The van der Waals surface area contributed by atoms with Gasteiger partial charge in [0, 0.05) is 12.5 Å². The van der Waals surface area contributed by atoms with Gasteiger partial charge in [-0.3, -0.25) is 9.69 Å².